The predicted octanol–water partition coefficient (Wildman–Crippen LogP) is -0.0866. The van der Waals surface area contributed by atoms with Gasteiger partial charge in [-0.25, -0.2) is 0 Å². The molecule has 4 nitrogen and oxygen atoms in total. The van der Waals surface area contributed by atoms with E-state index in [1.54, 1.807) is 18.6 Å². The molecule has 0 aliphatic rings. The standard InChI is InChI=1S/C8H14N4/c1-7(4-9)12-6-8-5-10-2-3-11-8/h2-3,5,7,12H,4,6,9H2,1H3/t7-/m0/s1. The summed E-state index contributed by atoms with van der Waals surface area (Å²) in [5, 5.41) is 3.22. The van der Waals surface area contributed by atoms with Gasteiger partial charge in [0.25, 0.3) is 0 Å². The van der Waals surface area contributed by atoms with Crippen LogP contribution < -0.4 is 11.1 Å². The van der Waals surface area contributed by atoms with E-state index in [1.807, 2.05) is 6.92 Å². The second-order valence-electron chi connectivity index (χ2n) is 2.71. The Morgan fingerprint density at radius 2 is 2.42 bits per heavy atom. The van der Waals surface area contributed by atoms with Crippen molar-refractivity contribution in [3.05, 3.63) is 24.3 Å². The first-order chi connectivity index (χ1) is 5.83. The van der Waals surface area contributed by atoms with Crippen molar-refractivity contribution in [2.45, 2.75) is 19.5 Å². The second-order valence-corrected chi connectivity index (χ2v) is 2.71. The van der Waals surface area contributed by atoms with E-state index in [9.17, 15) is 0 Å². The molecule has 0 fully saturated rings. The van der Waals surface area contributed by atoms with Gasteiger partial charge in [0, 0.05) is 37.7 Å². The zero-order valence-electron chi connectivity index (χ0n) is 7.20. The lowest BCUT2D eigenvalue weighted by Gasteiger charge is -2.09. The number of aromatic nitrogens is 2. The highest BCUT2D eigenvalue weighted by molar-refractivity contribution is 4.93. The molecule has 0 unspecified atom stereocenters. The average molecular weight is 166 g/mol. The number of hydrogen-bond acceptors (Lipinski definition) is 4. The topological polar surface area (TPSA) is 63.8 Å². The molecule has 1 aromatic heterocycles. The zero-order valence-corrected chi connectivity index (χ0v) is 7.20. The molecule has 1 aromatic rings. The molecule has 12 heavy (non-hydrogen) atoms. The predicted molar refractivity (Wildman–Crippen MR) is 47.4 cm³/mol. The van der Waals surface area contributed by atoms with E-state index in [4.69, 9.17) is 5.73 Å². The molecule has 0 spiro atoms. The first kappa shape index (κ1) is 9.09. The van der Waals surface area contributed by atoms with Crippen LogP contribution in [0.5, 0.6) is 0 Å². The summed E-state index contributed by atoms with van der Waals surface area (Å²) in [4.78, 5) is 8.07. The van der Waals surface area contributed by atoms with Gasteiger partial charge in [-0.15, -0.1) is 0 Å². The van der Waals surface area contributed by atoms with Gasteiger partial charge in [0.2, 0.25) is 0 Å². The summed E-state index contributed by atoms with van der Waals surface area (Å²) in [6.07, 6.45) is 5.09. The molecule has 1 rings (SSSR count). The Kier molecular flexibility index (Phi) is 3.63. The minimum atomic E-state index is 0.326. The van der Waals surface area contributed by atoms with Gasteiger partial charge in [0.15, 0.2) is 0 Å². The van der Waals surface area contributed by atoms with Crippen molar-refractivity contribution in [2.75, 3.05) is 6.54 Å². The Hall–Kier alpha value is -1.00. The molecule has 0 aromatic carbocycles. The molecular formula is C8H14N4. The van der Waals surface area contributed by atoms with E-state index in [0.717, 1.165) is 12.2 Å². The van der Waals surface area contributed by atoms with E-state index in [2.05, 4.69) is 15.3 Å². The lowest BCUT2D eigenvalue weighted by atomic mass is 10.3. The highest BCUT2D eigenvalue weighted by Crippen LogP contribution is 1.89. The summed E-state index contributed by atoms with van der Waals surface area (Å²) < 4.78 is 0. The van der Waals surface area contributed by atoms with E-state index in [1.165, 1.54) is 0 Å². The Labute approximate surface area is 72.2 Å². The minimum absolute atomic E-state index is 0.326. The van der Waals surface area contributed by atoms with Gasteiger partial charge in [-0.2, -0.15) is 0 Å². The summed E-state index contributed by atoms with van der Waals surface area (Å²) in [5.74, 6) is 0. The first-order valence-corrected chi connectivity index (χ1v) is 4.01. The molecule has 1 atom stereocenters. The number of rotatable bonds is 4. The van der Waals surface area contributed by atoms with Crippen molar-refractivity contribution in [3.8, 4) is 0 Å². The Balaban J connectivity index is 2.33. The molecule has 0 aliphatic heterocycles. The summed E-state index contributed by atoms with van der Waals surface area (Å²) in [5.41, 5.74) is 6.38. The molecule has 0 amide bonds. The van der Waals surface area contributed by atoms with Gasteiger partial charge in [0.1, 0.15) is 0 Å². The molecular weight excluding hydrogens is 152 g/mol. The summed E-state index contributed by atoms with van der Waals surface area (Å²) in [7, 11) is 0. The zero-order chi connectivity index (χ0) is 8.81. The fraction of sp³-hybridized carbons (Fsp3) is 0.500. The third-order valence-electron chi connectivity index (χ3n) is 1.60. The molecule has 66 valence electrons. The van der Waals surface area contributed by atoms with Crippen molar-refractivity contribution in [1.29, 1.82) is 0 Å². The van der Waals surface area contributed by atoms with Crippen LogP contribution in [0.15, 0.2) is 18.6 Å². The molecule has 0 saturated carbocycles. The highest BCUT2D eigenvalue weighted by atomic mass is 14.9. The Bertz CT molecular complexity index is 212. The molecule has 0 saturated heterocycles. The molecule has 3 N–H and O–H groups in total. The molecule has 1 heterocycles. The summed E-state index contributed by atoms with van der Waals surface area (Å²) in [6, 6.07) is 0.326. The number of nitrogens with one attached hydrogen (secondary N) is 1. The van der Waals surface area contributed by atoms with E-state index >= 15 is 0 Å². The van der Waals surface area contributed by atoms with Crippen LogP contribution in [-0.4, -0.2) is 22.6 Å². The van der Waals surface area contributed by atoms with E-state index in [-0.39, 0.29) is 0 Å². The van der Waals surface area contributed by atoms with Crippen molar-refractivity contribution >= 4 is 0 Å². The largest absolute Gasteiger partial charge is 0.329 e. The molecule has 0 radical (unpaired) electrons. The Morgan fingerprint density at radius 1 is 1.58 bits per heavy atom. The van der Waals surface area contributed by atoms with Crippen LogP contribution in [0.3, 0.4) is 0 Å². The van der Waals surface area contributed by atoms with Crippen LogP contribution in [-0.2, 0) is 6.54 Å². The normalized spacial score (nSPS) is 12.8. The quantitative estimate of drug-likeness (QED) is 0.656. The van der Waals surface area contributed by atoms with Gasteiger partial charge >= 0.3 is 0 Å². The van der Waals surface area contributed by atoms with Gasteiger partial charge in [0.05, 0.1) is 5.69 Å². The van der Waals surface area contributed by atoms with Crippen molar-refractivity contribution in [1.82, 2.24) is 15.3 Å². The fourth-order valence-corrected chi connectivity index (χ4v) is 0.783. The van der Waals surface area contributed by atoms with Crippen LogP contribution in [0.25, 0.3) is 0 Å². The van der Waals surface area contributed by atoms with E-state index < -0.39 is 0 Å². The third kappa shape index (κ3) is 2.94. The van der Waals surface area contributed by atoms with Gasteiger partial charge in [-0.1, -0.05) is 0 Å². The maximum Gasteiger partial charge on any atom is 0.0724 e. The van der Waals surface area contributed by atoms with Crippen molar-refractivity contribution in [2.24, 2.45) is 5.73 Å². The van der Waals surface area contributed by atoms with Gasteiger partial charge in [-0.3, -0.25) is 9.97 Å². The van der Waals surface area contributed by atoms with Gasteiger partial charge < -0.3 is 11.1 Å². The first-order valence-electron chi connectivity index (χ1n) is 4.01. The van der Waals surface area contributed by atoms with Crippen LogP contribution in [0, 0.1) is 0 Å². The second kappa shape index (κ2) is 4.79. The molecule has 0 bridgehead atoms. The monoisotopic (exact) mass is 166 g/mol. The maximum absolute atomic E-state index is 5.44. The van der Waals surface area contributed by atoms with Crippen LogP contribution in [0.2, 0.25) is 0 Å². The van der Waals surface area contributed by atoms with Crippen LogP contribution in [0.1, 0.15) is 12.6 Å². The lowest BCUT2D eigenvalue weighted by Crippen LogP contribution is -2.32. The molecule has 0 aliphatic carbocycles. The van der Waals surface area contributed by atoms with Gasteiger partial charge in [-0.05, 0) is 6.92 Å². The van der Waals surface area contributed by atoms with Crippen molar-refractivity contribution in [3.63, 3.8) is 0 Å². The lowest BCUT2D eigenvalue weighted by molar-refractivity contribution is 0.549. The minimum Gasteiger partial charge on any atom is -0.329 e. The summed E-state index contributed by atoms with van der Waals surface area (Å²) >= 11 is 0. The van der Waals surface area contributed by atoms with Crippen molar-refractivity contribution < 1.29 is 0 Å². The molecule has 4 heteroatoms. The van der Waals surface area contributed by atoms with E-state index in [0.29, 0.717) is 12.6 Å². The van der Waals surface area contributed by atoms with Crippen LogP contribution in [0.4, 0.5) is 0 Å². The maximum atomic E-state index is 5.44. The SMILES string of the molecule is C[C@@H](CN)NCc1cnccn1. The average Bonchev–Trinajstić information content (AvgIpc) is 2.16. The third-order valence-corrected chi connectivity index (χ3v) is 1.60. The fourth-order valence-electron chi connectivity index (χ4n) is 0.783. The number of hydrogen-bond donors (Lipinski definition) is 2. The van der Waals surface area contributed by atoms with Crippen LogP contribution >= 0.6 is 0 Å². The summed E-state index contributed by atoms with van der Waals surface area (Å²) in [6.45, 7) is 3.41. The number of nitrogens with zero attached hydrogens (tertiary/aromatic N) is 2. The Morgan fingerprint density at radius 3 is 3.00 bits per heavy atom. The highest BCUT2D eigenvalue weighted by Gasteiger charge is 1.97. The number of nitrogens with two attached hydrogens (primary N) is 1. The smallest absolute Gasteiger partial charge is 0.0724 e.